The van der Waals surface area contributed by atoms with Crippen molar-refractivity contribution in [3.05, 3.63) is 128 Å². The predicted octanol–water partition coefficient (Wildman–Crippen LogP) is 6.40. The van der Waals surface area contributed by atoms with Crippen LogP contribution in [0.2, 0.25) is 0 Å². The fourth-order valence-electron chi connectivity index (χ4n) is 5.05. The molecule has 0 aliphatic carbocycles. The number of benzene rings is 4. The van der Waals surface area contributed by atoms with Crippen LogP contribution in [0.5, 0.6) is 0 Å². The van der Waals surface area contributed by atoms with Crippen molar-refractivity contribution in [2.75, 3.05) is 16.7 Å². The van der Waals surface area contributed by atoms with Crippen LogP contribution in [0.4, 0.5) is 17.2 Å². The second kappa shape index (κ2) is 8.56. The molecule has 4 aromatic carbocycles. The highest BCUT2D eigenvalue weighted by Gasteiger charge is 2.43. The van der Waals surface area contributed by atoms with Crippen molar-refractivity contribution in [3.63, 3.8) is 0 Å². The smallest absolute Gasteiger partial charge is 0.393 e. The van der Waals surface area contributed by atoms with Gasteiger partial charge in [-0.1, -0.05) is 97.1 Å². The molecule has 1 aliphatic rings. The molecule has 0 atom stereocenters. The first kappa shape index (κ1) is 20.3. The van der Waals surface area contributed by atoms with Crippen molar-refractivity contribution in [1.82, 2.24) is 4.98 Å². The first-order valence-electron chi connectivity index (χ1n) is 11.6. The van der Waals surface area contributed by atoms with Crippen LogP contribution in [-0.4, -0.2) is 19.0 Å². The van der Waals surface area contributed by atoms with E-state index >= 15 is 0 Å². The van der Waals surface area contributed by atoms with Crippen LogP contribution in [0.1, 0.15) is 0 Å². The average Bonchev–Trinajstić information content (AvgIpc) is 3.22. The number of rotatable bonds is 4. The van der Waals surface area contributed by atoms with E-state index in [0.717, 1.165) is 11.5 Å². The van der Waals surface area contributed by atoms with Gasteiger partial charge in [0.2, 0.25) is 0 Å². The Labute approximate surface area is 201 Å². The van der Waals surface area contributed by atoms with E-state index in [-0.39, 0.29) is 6.98 Å². The van der Waals surface area contributed by atoms with Crippen LogP contribution < -0.4 is 15.1 Å². The molecule has 162 valence electrons. The molecule has 1 aliphatic heterocycles. The molecule has 5 aromatic rings. The third-order valence-corrected chi connectivity index (χ3v) is 6.56. The Kier molecular flexibility index (Phi) is 5.12. The van der Waals surface area contributed by atoms with Gasteiger partial charge in [0.1, 0.15) is 5.82 Å². The molecule has 0 amide bonds. The first-order valence-corrected chi connectivity index (χ1v) is 11.6. The van der Waals surface area contributed by atoms with Crippen molar-refractivity contribution >= 4 is 29.6 Å². The van der Waals surface area contributed by atoms with E-state index in [1.165, 1.54) is 33.4 Å². The van der Waals surface area contributed by atoms with Gasteiger partial charge < -0.3 is 9.62 Å². The van der Waals surface area contributed by atoms with Crippen LogP contribution in [0.25, 0.3) is 22.3 Å². The summed E-state index contributed by atoms with van der Waals surface area (Å²) in [6.45, 7) is -0.0566. The van der Waals surface area contributed by atoms with Gasteiger partial charge in [0.15, 0.2) is 0 Å². The van der Waals surface area contributed by atoms with E-state index in [4.69, 9.17) is 4.98 Å². The molecule has 4 heteroatoms. The van der Waals surface area contributed by atoms with E-state index in [0.29, 0.717) is 0 Å². The number of pyridine rings is 1. The van der Waals surface area contributed by atoms with Gasteiger partial charge in [-0.2, -0.15) is 0 Å². The molecule has 2 heterocycles. The topological polar surface area (TPSA) is 19.4 Å². The van der Waals surface area contributed by atoms with Gasteiger partial charge in [0.25, 0.3) is 0 Å². The van der Waals surface area contributed by atoms with Crippen LogP contribution in [0, 0.1) is 0 Å². The summed E-state index contributed by atoms with van der Waals surface area (Å²) in [6.07, 6.45) is 1.87. The molecule has 3 nitrogen and oxygen atoms in total. The second-order valence-corrected chi connectivity index (χ2v) is 8.53. The van der Waals surface area contributed by atoms with E-state index in [9.17, 15) is 0 Å². The Morgan fingerprint density at radius 3 is 1.71 bits per heavy atom. The monoisotopic (exact) mass is 437 g/mol. The number of anilines is 3. The van der Waals surface area contributed by atoms with E-state index in [1.54, 1.807) is 0 Å². The van der Waals surface area contributed by atoms with Gasteiger partial charge in [0.05, 0.1) is 5.69 Å². The molecule has 0 saturated carbocycles. The van der Waals surface area contributed by atoms with Crippen molar-refractivity contribution < 1.29 is 0 Å². The van der Waals surface area contributed by atoms with Gasteiger partial charge in [-0.15, -0.1) is 0 Å². The lowest BCUT2D eigenvalue weighted by atomic mass is 9.60. The molecule has 0 unspecified atom stereocenters. The standard InChI is InChI=1S/C30H24BN3/c1-33-27-19-8-9-20-28(27)34(29-21-10-11-22-32-29)31(33)30-25(23-13-4-2-5-14-23)17-12-18-26(30)24-15-6-3-7-16-24/h2-22H,1H3. The highest BCUT2D eigenvalue weighted by Crippen LogP contribution is 2.42. The lowest BCUT2D eigenvalue weighted by Gasteiger charge is -2.30. The summed E-state index contributed by atoms with van der Waals surface area (Å²) in [5.41, 5.74) is 8.50. The van der Waals surface area contributed by atoms with E-state index < -0.39 is 0 Å². The molecule has 0 fully saturated rings. The maximum atomic E-state index is 4.77. The Bertz CT molecular complexity index is 1360. The fraction of sp³-hybridized carbons (Fsp3) is 0.0333. The maximum Gasteiger partial charge on any atom is 0.418 e. The zero-order valence-corrected chi connectivity index (χ0v) is 19.0. The number of aromatic nitrogens is 1. The first-order chi connectivity index (χ1) is 16.8. The lowest BCUT2D eigenvalue weighted by Crippen LogP contribution is -2.55. The molecule has 0 N–H and O–H groups in total. The molecule has 0 bridgehead atoms. The van der Waals surface area contributed by atoms with Crippen LogP contribution in [0.3, 0.4) is 0 Å². The summed E-state index contributed by atoms with van der Waals surface area (Å²) in [5.74, 6) is 0.936. The Balaban J connectivity index is 1.66. The summed E-state index contributed by atoms with van der Waals surface area (Å²) >= 11 is 0. The van der Waals surface area contributed by atoms with Crippen LogP contribution >= 0.6 is 0 Å². The summed E-state index contributed by atoms with van der Waals surface area (Å²) in [5, 5.41) is 0. The number of hydrogen-bond donors (Lipinski definition) is 0. The van der Waals surface area contributed by atoms with Crippen LogP contribution in [0.15, 0.2) is 128 Å². The Morgan fingerprint density at radius 1 is 0.559 bits per heavy atom. The number of fused-ring (bicyclic) bond motifs is 1. The zero-order chi connectivity index (χ0) is 22.9. The highest BCUT2D eigenvalue weighted by atomic mass is 15.3. The SMILES string of the molecule is CN1B(c2c(-c3ccccc3)cccc2-c2ccccc2)N(c2ccccn2)c2ccccc21. The van der Waals surface area contributed by atoms with Crippen molar-refractivity contribution in [2.45, 2.75) is 0 Å². The molecular formula is C30H24BN3. The fourth-order valence-corrected chi connectivity index (χ4v) is 5.05. The Hall–Kier alpha value is -4.31. The number of hydrogen-bond acceptors (Lipinski definition) is 3. The van der Waals surface area contributed by atoms with Gasteiger partial charge in [0, 0.05) is 11.9 Å². The minimum atomic E-state index is -0.0566. The van der Waals surface area contributed by atoms with E-state index in [2.05, 4.69) is 132 Å². The van der Waals surface area contributed by atoms with Gasteiger partial charge >= 0.3 is 6.98 Å². The minimum Gasteiger partial charge on any atom is -0.393 e. The summed E-state index contributed by atoms with van der Waals surface area (Å²) in [4.78, 5) is 9.51. The number of para-hydroxylation sites is 2. The molecule has 0 spiro atoms. The molecule has 6 rings (SSSR count). The third kappa shape index (κ3) is 3.36. The van der Waals surface area contributed by atoms with Crippen molar-refractivity contribution in [2.24, 2.45) is 0 Å². The normalized spacial score (nSPS) is 12.7. The molecule has 34 heavy (non-hydrogen) atoms. The van der Waals surface area contributed by atoms with Crippen molar-refractivity contribution in [1.29, 1.82) is 0 Å². The minimum absolute atomic E-state index is 0.0566. The van der Waals surface area contributed by atoms with E-state index in [1.807, 2.05) is 12.3 Å². The highest BCUT2D eigenvalue weighted by molar-refractivity contribution is 6.85. The van der Waals surface area contributed by atoms with Gasteiger partial charge in [-0.25, -0.2) is 4.98 Å². The third-order valence-electron chi connectivity index (χ3n) is 6.56. The number of nitrogens with zero attached hydrogens (tertiary/aromatic N) is 3. The molecular weight excluding hydrogens is 413 g/mol. The van der Waals surface area contributed by atoms with Gasteiger partial charge in [-0.05, 0) is 59.0 Å². The lowest BCUT2D eigenvalue weighted by molar-refractivity contribution is 1.24. The Morgan fingerprint density at radius 2 is 1.12 bits per heavy atom. The van der Waals surface area contributed by atoms with Gasteiger partial charge in [-0.3, -0.25) is 0 Å². The van der Waals surface area contributed by atoms with Crippen LogP contribution in [-0.2, 0) is 0 Å². The largest absolute Gasteiger partial charge is 0.418 e. The quantitative estimate of drug-likeness (QED) is 0.304. The predicted molar refractivity (Wildman–Crippen MR) is 144 cm³/mol. The molecule has 0 saturated heterocycles. The zero-order valence-electron chi connectivity index (χ0n) is 19.0. The molecule has 1 aromatic heterocycles. The summed E-state index contributed by atoms with van der Waals surface area (Å²) in [6, 6.07) is 42.7. The molecule has 0 radical (unpaired) electrons. The average molecular weight is 437 g/mol. The maximum absolute atomic E-state index is 4.77. The summed E-state index contributed by atoms with van der Waals surface area (Å²) in [7, 11) is 2.18. The second-order valence-electron chi connectivity index (χ2n) is 8.53. The summed E-state index contributed by atoms with van der Waals surface area (Å²) < 4.78 is 0. The van der Waals surface area contributed by atoms with Crippen molar-refractivity contribution in [3.8, 4) is 22.3 Å².